The summed E-state index contributed by atoms with van der Waals surface area (Å²) in [4.78, 5) is 25.8. The third-order valence-corrected chi connectivity index (χ3v) is 6.50. The highest BCUT2D eigenvalue weighted by Gasteiger charge is 2.30. The van der Waals surface area contributed by atoms with Gasteiger partial charge in [0, 0.05) is 58.6 Å². The maximum atomic E-state index is 15.0. The first-order valence-corrected chi connectivity index (χ1v) is 12.8. The van der Waals surface area contributed by atoms with Gasteiger partial charge in [0.1, 0.15) is 18.1 Å². The van der Waals surface area contributed by atoms with Gasteiger partial charge < -0.3 is 10.5 Å². The van der Waals surface area contributed by atoms with E-state index in [1.165, 1.54) is 16.5 Å². The summed E-state index contributed by atoms with van der Waals surface area (Å²) < 4.78 is 59.6. The summed E-state index contributed by atoms with van der Waals surface area (Å²) in [7, 11) is 0. The van der Waals surface area contributed by atoms with E-state index < -0.39 is 24.6 Å². The summed E-state index contributed by atoms with van der Waals surface area (Å²) in [5.74, 6) is -0.887. The minimum Gasteiger partial charge on any atom is -0.404 e. The van der Waals surface area contributed by atoms with Crippen LogP contribution in [0.2, 0.25) is 5.02 Å². The quantitative estimate of drug-likeness (QED) is 0.304. The number of hydrogen-bond acceptors (Lipinski definition) is 6. The molecule has 3 heterocycles. The van der Waals surface area contributed by atoms with Crippen molar-refractivity contribution in [2.75, 3.05) is 13.2 Å². The number of hydrogen-bond donors (Lipinski definition) is 1. The van der Waals surface area contributed by atoms with Crippen molar-refractivity contribution in [3.8, 4) is 11.3 Å². The zero-order chi connectivity index (χ0) is 28.9. The van der Waals surface area contributed by atoms with Crippen molar-refractivity contribution in [2.24, 2.45) is 10.7 Å². The van der Waals surface area contributed by atoms with Crippen LogP contribution >= 0.6 is 11.6 Å². The fraction of sp³-hybridized carbons (Fsp3) is 0.407. The van der Waals surface area contributed by atoms with Crippen LogP contribution in [-0.2, 0) is 4.74 Å². The molecule has 0 bridgehead atoms. The summed E-state index contributed by atoms with van der Waals surface area (Å²) in [5.41, 5.74) is 7.57. The van der Waals surface area contributed by atoms with Gasteiger partial charge in [0.2, 0.25) is 0 Å². The van der Waals surface area contributed by atoms with Crippen LogP contribution < -0.4 is 11.3 Å². The van der Waals surface area contributed by atoms with Gasteiger partial charge >= 0.3 is 6.18 Å². The number of aliphatic imine (C=N–C) groups is 1. The molecule has 1 aliphatic rings. The third kappa shape index (κ3) is 7.02. The van der Waals surface area contributed by atoms with Crippen molar-refractivity contribution in [3.63, 3.8) is 0 Å². The van der Waals surface area contributed by atoms with Gasteiger partial charge in [0.05, 0.1) is 11.8 Å². The van der Waals surface area contributed by atoms with Gasteiger partial charge in [0.15, 0.2) is 5.65 Å². The Labute approximate surface area is 228 Å². The van der Waals surface area contributed by atoms with Crippen molar-refractivity contribution in [2.45, 2.75) is 58.7 Å². The lowest BCUT2D eigenvalue weighted by Gasteiger charge is -2.30. The second-order valence-corrected chi connectivity index (χ2v) is 9.23. The molecule has 2 N–H and O–H groups in total. The average Bonchev–Trinajstić information content (AvgIpc) is 2.90. The Morgan fingerprint density at radius 2 is 2.00 bits per heavy atom. The third-order valence-electron chi connectivity index (χ3n) is 6.26. The number of fused-ring (bicyclic) bond motifs is 1. The number of benzene rings is 1. The first-order valence-electron chi connectivity index (χ1n) is 12.4. The summed E-state index contributed by atoms with van der Waals surface area (Å²) in [6.45, 7) is 6.28. The molecule has 2 unspecified atom stereocenters. The monoisotopic (exact) mass is 567 g/mol. The molecule has 2 aromatic heterocycles. The summed E-state index contributed by atoms with van der Waals surface area (Å²) in [6, 6.07) is 4.15. The molecule has 0 aliphatic carbocycles. The lowest BCUT2D eigenvalue weighted by molar-refractivity contribution is -0.118. The Kier molecular flexibility index (Phi) is 9.84. The molecular formula is C27H30ClF4N5O2. The number of ether oxygens (including phenoxy) is 1. The highest BCUT2D eigenvalue weighted by atomic mass is 35.5. The number of halogens is 5. The van der Waals surface area contributed by atoms with Gasteiger partial charge in [-0.25, -0.2) is 14.4 Å². The number of rotatable bonds is 5. The zero-order valence-corrected chi connectivity index (χ0v) is 22.8. The average molecular weight is 568 g/mol. The molecule has 4 rings (SSSR count). The minimum atomic E-state index is -4.44. The van der Waals surface area contributed by atoms with E-state index >= 15 is 0 Å². The van der Waals surface area contributed by atoms with Crippen LogP contribution in [0.5, 0.6) is 0 Å². The largest absolute Gasteiger partial charge is 0.407 e. The molecule has 1 aliphatic heterocycles. The fourth-order valence-electron chi connectivity index (χ4n) is 4.20. The highest BCUT2D eigenvalue weighted by Crippen LogP contribution is 2.34. The molecule has 12 heteroatoms. The Bertz CT molecular complexity index is 1450. The second kappa shape index (κ2) is 12.7. The predicted octanol–water partition coefficient (Wildman–Crippen LogP) is 5.93. The molecule has 2 atom stereocenters. The standard InChI is InChI=1S/C25H24ClF4N5O2.C2H6/c1-13-14(2)33-23-22(18-4-3-17(26)8-19(18)27)34-20(11-35(23)24(13)36)15-5-6-37-21(7-15)16(9-31)10-32-12-25(28,29)30;1-2/h3-4,8-11,15,21H,5-7,12,31H2,1-2H3;1-2H3/b16-9+,32-10?;. The van der Waals surface area contributed by atoms with E-state index in [2.05, 4.69) is 9.98 Å². The van der Waals surface area contributed by atoms with Crippen molar-refractivity contribution < 1.29 is 22.3 Å². The van der Waals surface area contributed by atoms with Crippen molar-refractivity contribution in [1.29, 1.82) is 0 Å². The Morgan fingerprint density at radius 3 is 2.64 bits per heavy atom. The van der Waals surface area contributed by atoms with E-state index in [4.69, 9.17) is 27.1 Å². The van der Waals surface area contributed by atoms with Gasteiger partial charge in [-0.15, -0.1) is 0 Å². The maximum Gasteiger partial charge on any atom is 0.407 e. The van der Waals surface area contributed by atoms with Gasteiger partial charge in [-0.2, -0.15) is 13.2 Å². The van der Waals surface area contributed by atoms with Crippen LogP contribution in [0.1, 0.15) is 49.6 Å². The molecule has 0 amide bonds. The Balaban J connectivity index is 0.00000205. The summed E-state index contributed by atoms with van der Waals surface area (Å²) >= 11 is 5.93. The summed E-state index contributed by atoms with van der Waals surface area (Å²) in [5, 5.41) is 0.208. The normalized spacial score (nSPS) is 18.3. The predicted molar refractivity (Wildman–Crippen MR) is 144 cm³/mol. The highest BCUT2D eigenvalue weighted by molar-refractivity contribution is 6.30. The SMILES string of the molecule is CC.Cc1nc2c(-c3ccc(Cl)cc3F)nc(C3CCOC(/C(C=NCC(F)(F)F)=C/N)C3)cn2c(=O)c1C. The molecule has 210 valence electrons. The first kappa shape index (κ1) is 30.2. The molecule has 0 radical (unpaired) electrons. The van der Waals surface area contributed by atoms with Crippen LogP contribution in [0.3, 0.4) is 0 Å². The molecule has 1 aromatic carbocycles. The molecule has 0 spiro atoms. The van der Waals surface area contributed by atoms with Crippen LogP contribution in [0.15, 0.2) is 46.0 Å². The van der Waals surface area contributed by atoms with E-state index in [0.717, 1.165) is 18.5 Å². The van der Waals surface area contributed by atoms with Gasteiger partial charge in [-0.3, -0.25) is 14.2 Å². The Morgan fingerprint density at radius 1 is 1.28 bits per heavy atom. The number of nitrogens with two attached hydrogens (primary N) is 1. The fourth-order valence-corrected chi connectivity index (χ4v) is 4.36. The van der Waals surface area contributed by atoms with E-state index in [0.29, 0.717) is 35.4 Å². The van der Waals surface area contributed by atoms with Crippen molar-refractivity contribution in [1.82, 2.24) is 14.4 Å². The van der Waals surface area contributed by atoms with Gasteiger partial charge in [0.25, 0.3) is 5.56 Å². The number of aromatic nitrogens is 3. The molecule has 1 saturated heterocycles. The van der Waals surface area contributed by atoms with Gasteiger partial charge in [-0.1, -0.05) is 25.4 Å². The van der Waals surface area contributed by atoms with Crippen molar-refractivity contribution in [3.05, 3.63) is 74.3 Å². The lowest BCUT2D eigenvalue weighted by Crippen LogP contribution is -2.29. The minimum absolute atomic E-state index is 0.129. The Hall–Kier alpha value is -3.31. The van der Waals surface area contributed by atoms with Crippen LogP contribution in [-0.4, -0.2) is 46.0 Å². The van der Waals surface area contributed by atoms with E-state index in [-0.39, 0.29) is 40.0 Å². The molecule has 39 heavy (non-hydrogen) atoms. The number of aryl methyl sites for hydroxylation is 1. The molecule has 0 saturated carbocycles. The van der Waals surface area contributed by atoms with Crippen molar-refractivity contribution >= 4 is 23.5 Å². The van der Waals surface area contributed by atoms with Crippen LogP contribution in [0, 0.1) is 19.7 Å². The zero-order valence-electron chi connectivity index (χ0n) is 22.0. The van der Waals surface area contributed by atoms with Crippen LogP contribution in [0.4, 0.5) is 17.6 Å². The van der Waals surface area contributed by atoms with E-state index in [1.807, 2.05) is 13.8 Å². The molecular weight excluding hydrogens is 538 g/mol. The number of alkyl halides is 3. The lowest BCUT2D eigenvalue weighted by atomic mass is 9.89. The number of nitrogens with zero attached hydrogens (tertiary/aromatic N) is 4. The van der Waals surface area contributed by atoms with Gasteiger partial charge in [-0.05, 0) is 44.9 Å². The summed E-state index contributed by atoms with van der Waals surface area (Å²) in [6.07, 6.45) is -0.447. The van der Waals surface area contributed by atoms with E-state index in [9.17, 15) is 22.4 Å². The van der Waals surface area contributed by atoms with Crippen LogP contribution in [0.25, 0.3) is 16.9 Å². The first-order chi connectivity index (χ1) is 18.5. The maximum absolute atomic E-state index is 15.0. The molecule has 7 nitrogen and oxygen atoms in total. The molecule has 3 aromatic rings. The van der Waals surface area contributed by atoms with E-state index in [1.54, 1.807) is 20.0 Å². The second-order valence-electron chi connectivity index (χ2n) is 8.79. The topological polar surface area (TPSA) is 94.9 Å². The smallest absolute Gasteiger partial charge is 0.404 e. The molecule has 1 fully saturated rings.